The number of likely N-dealkylation sites (tertiary alicyclic amines) is 1. The molecule has 6 nitrogen and oxygen atoms in total. The van der Waals surface area contributed by atoms with Crippen LogP contribution in [-0.2, 0) is 19.4 Å². The van der Waals surface area contributed by atoms with E-state index in [0.29, 0.717) is 22.9 Å². The van der Waals surface area contributed by atoms with Gasteiger partial charge in [-0.05, 0) is 67.0 Å². The Hall–Kier alpha value is -2.09. The number of carbonyl (C=O) groups is 2. The third-order valence-electron chi connectivity index (χ3n) is 8.02. The summed E-state index contributed by atoms with van der Waals surface area (Å²) >= 11 is 12.6. The second kappa shape index (κ2) is 11.0. The fraction of sp³-hybridized carbons (Fsp3) is 0.500. The molecule has 1 aliphatic carbocycles. The van der Waals surface area contributed by atoms with Crippen molar-refractivity contribution in [2.75, 3.05) is 11.5 Å². The Morgan fingerprint density at radius 2 is 1.76 bits per heavy atom. The van der Waals surface area contributed by atoms with Crippen molar-refractivity contribution in [1.82, 2.24) is 4.90 Å². The number of carbonyl (C=O) groups excluding carboxylic acids is 1. The van der Waals surface area contributed by atoms with Crippen molar-refractivity contribution in [2.24, 2.45) is 11.3 Å². The van der Waals surface area contributed by atoms with Gasteiger partial charge < -0.3 is 10.0 Å². The van der Waals surface area contributed by atoms with Crippen molar-refractivity contribution in [3.8, 4) is 0 Å². The van der Waals surface area contributed by atoms with Crippen LogP contribution in [0.5, 0.6) is 0 Å². The number of hydrogen-bond acceptors (Lipinski definition) is 4. The minimum atomic E-state index is -3.42. The van der Waals surface area contributed by atoms with Gasteiger partial charge >= 0.3 is 5.97 Å². The summed E-state index contributed by atoms with van der Waals surface area (Å²) in [4.78, 5) is 28.3. The number of rotatable bonds is 10. The molecule has 200 valence electrons. The minimum Gasteiger partial charge on any atom is -0.481 e. The van der Waals surface area contributed by atoms with Gasteiger partial charge in [0.15, 0.2) is 9.84 Å². The van der Waals surface area contributed by atoms with E-state index in [1.165, 1.54) is 0 Å². The summed E-state index contributed by atoms with van der Waals surface area (Å²) in [5.74, 6) is -1.72. The zero-order valence-electron chi connectivity index (χ0n) is 21.1. The Kier molecular flexibility index (Phi) is 8.27. The first-order valence-electron chi connectivity index (χ1n) is 12.8. The maximum absolute atomic E-state index is 14.5. The molecule has 4 atom stereocenters. The number of carboxylic acid groups (broad SMARTS) is 1. The van der Waals surface area contributed by atoms with E-state index in [0.717, 1.165) is 24.0 Å². The van der Waals surface area contributed by atoms with E-state index in [-0.39, 0.29) is 35.7 Å². The first-order valence-corrected chi connectivity index (χ1v) is 15.3. The third kappa shape index (κ3) is 5.99. The van der Waals surface area contributed by atoms with Gasteiger partial charge in [-0.3, -0.25) is 9.59 Å². The molecule has 0 radical (unpaired) electrons. The molecule has 1 saturated heterocycles. The van der Waals surface area contributed by atoms with Crippen molar-refractivity contribution in [3.63, 3.8) is 0 Å². The molecular formula is C28H33Cl2NO5S. The van der Waals surface area contributed by atoms with Gasteiger partial charge in [0.2, 0.25) is 5.91 Å². The maximum Gasteiger partial charge on any atom is 0.304 e. The zero-order chi connectivity index (χ0) is 27.0. The fourth-order valence-electron chi connectivity index (χ4n) is 5.82. The molecule has 1 heterocycles. The van der Waals surface area contributed by atoms with Gasteiger partial charge in [0.25, 0.3) is 0 Å². The molecule has 2 aliphatic rings. The molecule has 0 aromatic heterocycles. The highest BCUT2D eigenvalue weighted by Crippen LogP contribution is 2.55. The van der Waals surface area contributed by atoms with Crippen LogP contribution in [0.2, 0.25) is 10.0 Å². The van der Waals surface area contributed by atoms with E-state index < -0.39 is 33.3 Å². The number of piperidine rings is 1. The molecule has 0 bridgehead atoms. The van der Waals surface area contributed by atoms with Crippen LogP contribution in [0, 0.1) is 11.3 Å². The van der Waals surface area contributed by atoms with Gasteiger partial charge in [-0.1, -0.05) is 61.3 Å². The fourth-order valence-corrected chi connectivity index (χ4v) is 7.33. The minimum absolute atomic E-state index is 0.0182. The standard InChI is InChI=1S/C28H33Cl2NO5S/c1-3-28(16-25(32)33)15-23(20-6-5-7-22(30)14-20)26(19-10-12-21(29)13-11-19)31(27(28)34)24(18-8-9-18)17-37(35,36)4-2/h5-7,10-14,18,23-24,26H,3-4,8-9,15-17H2,1-2H3,(H,32,33)/t23?,24-,26-,28-/m1/s1. The topological polar surface area (TPSA) is 91.8 Å². The highest BCUT2D eigenvalue weighted by atomic mass is 35.5. The number of sulfone groups is 1. The van der Waals surface area contributed by atoms with Gasteiger partial charge in [0, 0.05) is 27.8 Å². The van der Waals surface area contributed by atoms with E-state index in [2.05, 4.69) is 0 Å². The smallest absolute Gasteiger partial charge is 0.304 e. The van der Waals surface area contributed by atoms with E-state index in [1.807, 2.05) is 37.3 Å². The Morgan fingerprint density at radius 3 is 2.30 bits per heavy atom. The predicted molar refractivity (Wildman–Crippen MR) is 146 cm³/mol. The molecule has 2 fully saturated rings. The van der Waals surface area contributed by atoms with Crippen LogP contribution in [0.25, 0.3) is 0 Å². The van der Waals surface area contributed by atoms with Gasteiger partial charge in [-0.15, -0.1) is 0 Å². The van der Waals surface area contributed by atoms with Crippen LogP contribution in [0.1, 0.15) is 69.0 Å². The molecule has 1 aliphatic heterocycles. The highest BCUT2D eigenvalue weighted by molar-refractivity contribution is 7.91. The quantitative estimate of drug-likeness (QED) is 0.373. The summed E-state index contributed by atoms with van der Waals surface area (Å²) in [7, 11) is -3.42. The molecule has 4 rings (SSSR count). The van der Waals surface area contributed by atoms with E-state index in [4.69, 9.17) is 23.2 Å². The van der Waals surface area contributed by atoms with Crippen molar-refractivity contribution < 1.29 is 23.1 Å². The number of carboxylic acids is 1. The molecule has 0 spiro atoms. The Labute approximate surface area is 228 Å². The SMILES string of the molecule is CC[C@]1(CC(=O)O)CC(c2cccc(Cl)c2)[C@@H](c2ccc(Cl)cc2)N([C@H](CS(=O)(=O)CC)C2CC2)C1=O. The maximum atomic E-state index is 14.5. The van der Waals surface area contributed by atoms with E-state index in [1.54, 1.807) is 30.0 Å². The number of benzene rings is 2. The van der Waals surface area contributed by atoms with Gasteiger partial charge in [-0.2, -0.15) is 0 Å². The lowest BCUT2D eigenvalue weighted by molar-refractivity contribution is -0.162. The van der Waals surface area contributed by atoms with Crippen LogP contribution in [-0.4, -0.2) is 47.8 Å². The normalized spacial score (nSPS) is 25.2. The lowest BCUT2D eigenvalue weighted by atomic mass is 9.65. The average molecular weight is 567 g/mol. The molecule has 1 N–H and O–H groups in total. The number of halogens is 2. The van der Waals surface area contributed by atoms with Gasteiger partial charge in [-0.25, -0.2) is 8.42 Å². The molecule has 1 unspecified atom stereocenters. The van der Waals surface area contributed by atoms with Gasteiger partial charge in [0.1, 0.15) is 0 Å². The average Bonchev–Trinajstić information content (AvgIpc) is 3.70. The van der Waals surface area contributed by atoms with Crippen LogP contribution < -0.4 is 0 Å². The zero-order valence-corrected chi connectivity index (χ0v) is 23.4. The van der Waals surface area contributed by atoms with Crippen molar-refractivity contribution in [3.05, 3.63) is 69.7 Å². The molecule has 1 amide bonds. The molecule has 9 heteroatoms. The summed E-state index contributed by atoms with van der Waals surface area (Å²) in [5, 5.41) is 11.0. The predicted octanol–water partition coefficient (Wildman–Crippen LogP) is 6.14. The Morgan fingerprint density at radius 1 is 1.08 bits per heavy atom. The molecule has 2 aromatic carbocycles. The number of nitrogens with zero attached hydrogens (tertiary/aromatic N) is 1. The highest BCUT2D eigenvalue weighted by Gasteiger charge is 2.56. The summed E-state index contributed by atoms with van der Waals surface area (Å²) in [5.41, 5.74) is 0.563. The Balaban J connectivity index is 1.96. The molecule has 37 heavy (non-hydrogen) atoms. The van der Waals surface area contributed by atoms with Crippen LogP contribution in [0.15, 0.2) is 48.5 Å². The first-order chi connectivity index (χ1) is 17.5. The van der Waals surface area contributed by atoms with E-state index >= 15 is 0 Å². The summed E-state index contributed by atoms with van der Waals surface area (Å²) < 4.78 is 25.8. The summed E-state index contributed by atoms with van der Waals surface area (Å²) in [6.45, 7) is 3.45. The largest absolute Gasteiger partial charge is 0.481 e. The van der Waals surface area contributed by atoms with Crippen molar-refractivity contribution in [2.45, 2.75) is 64.0 Å². The molecule has 2 aromatic rings. The molecular weight excluding hydrogens is 533 g/mol. The third-order valence-corrected chi connectivity index (χ3v) is 10.2. The van der Waals surface area contributed by atoms with Crippen molar-refractivity contribution >= 4 is 44.9 Å². The van der Waals surface area contributed by atoms with Crippen LogP contribution >= 0.6 is 23.2 Å². The van der Waals surface area contributed by atoms with E-state index in [9.17, 15) is 23.1 Å². The Bertz CT molecular complexity index is 1260. The van der Waals surface area contributed by atoms with Crippen LogP contribution in [0.3, 0.4) is 0 Å². The second-order valence-corrected chi connectivity index (χ2v) is 13.7. The van der Waals surface area contributed by atoms with Crippen molar-refractivity contribution in [1.29, 1.82) is 0 Å². The molecule has 1 saturated carbocycles. The van der Waals surface area contributed by atoms with Gasteiger partial charge in [0.05, 0.1) is 23.6 Å². The monoisotopic (exact) mass is 565 g/mol. The lowest BCUT2D eigenvalue weighted by Gasteiger charge is -2.53. The summed E-state index contributed by atoms with van der Waals surface area (Å²) in [6, 6.07) is 13.7. The lowest BCUT2D eigenvalue weighted by Crippen LogP contribution is -2.59. The first kappa shape index (κ1) is 27.9. The second-order valence-electron chi connectivity index (χ2n) is 10.4. The van der Waals surface area contributed by atoms with Crippen LogP contribution in [0.4, 0.5) is 0 Å². The number of amides is 1. The number of hydrogen-bond donors (Lipinski definition) is 1. The number of aliphatic carboxylic acids is 1. The summed E-state index contributed by atoms with van der Waals surface area (Å²) in [6.07, 6.45) is 2.00.